The minimum atomic E-state index is -3.12. The summed E-state index contributed by atoms with van der Waals surface area (Å²) in [4.78, 5) is 13.9. The van der Waals surface area contributed by atoms with Crippen LogP contribution < -0.4 is 10.2 Å². The highest BCUT2D eigenvalue weighted by molar-refractivity contribution is 7.88. The van der Waals surface area contributed by atoms with Gasteiger partial charge in [-0.1, -0.05) is 19.9 Å². The van der Waals surface area contributed by atoms with E-state index in [-0.39, 0.29) is 11.8 Å². The molecule has 0 atom stereocenters. The van der Waals surface area contributed by atoms with E-state index in [0.29, 0.717) is 26.2 Å². The van der Waals surface area contributed by atoms with Crippen molar-refractivity contribution in [2.24, 2.45) is 5.92 Å². The summed E-state index contributed by atoms with van der Waals surface area (Å²) in [6.07, 6.45) is 1.24. The van der Waals surface area contributed by atoms with Crippen LogP contribution in [0.15, 0.2) is 24.3 Å². The normalized spacial score (nSPS) is 16.8. The van der Waals surface area contributed by atoms with Gasteiger partial charge in [-0.2, -0.15) is 4.31 Å². The number of hydrogen-bond donors (Lipinski definition) is 1. The van der Waals surface area contributed by atoms with E-state index in [1.807, 2.05) is 38.1 Å². The molecule has 1 amide bonds. The molecule has 1 aromatic rings. The third-order valence-electron chi connectivity index (χ3n) is 3.71. The second-order valence-corrected chi connectivity index (χ2v) is 7.83. The number of piperazine rings is 1. The van der Waals surface area contributed by atoms with E-state index in [1.54, 1.807) is 0 Å². The molecule has 1 N–H and O–H groups in total. The third kappa shape index (κ3) is 4.20. The van der Waals surface area contributed by atoms with Gasteiger partial charge in [-0.3, -0.25) is 4.79 Å². The first-order chi connectivity index (χ1) is 10.3. The fourth-order valence-corrected chi connectivity index (χ4v) is 3.17. The van der Waals surface area contributed by atoms with Crippen LogP contribution in [0, 0.1) is 5.92 Å². The minimum absolute atomic E-state index is 0.0148. The number of carbonyl (C=O) groups is 1. The minimum Gasteiger partial charge on any atom is -0.369 e. The first-order valence-corrected chi connectivity index (χ1v) is 9.23. The largest absolute Gasteiger partial charge is 0.369 e. The number of nitrogens with one attached hydrogen (secondary N) is 1. The molecule has 0 saturated carbocycles. The second-order valence-electron chi connectivity index (χ2n) is 5.84. The molecule has 7 heteroatoms. The highest BCUT2D eigenvalue weighted by Crippen LogP contribution is 2.21. The number of sulfonamides is 1. The molecule has 6 nitrogen and oxygen atoms in total. The Balaban J connectivity index is 2.04. The highest BCUT2D eigenvalue weighted by Gasteiger charge is 2.23. The van der Waals surface area contributed by atoms with Crippen molar-refractivity contribution < 1.29 is 13.2 Å². The average molecular weight is 325 g/mol. The molecule has 22 heavy (non-hydrogen) atoms. The van der Waals surface area contributed by atoms with Gasteiger partial charge in [-0.25, -0.2) is 8.42 Å². The Kier molecular flexibility index (Phi) is 5.08. The van der Waals surface area contributed by atoms with Gasteiger partial charge in [0.2, 0.25) is 15.9 Å². The van der Waals surface area contributed by atoms with Crippen LogP contribution in [0.25, 0.3) is 0 Å². The summed E-state index contributed by atoms with van der Waals surface area (Å²) in [5, 5.41) is 2.88. The zero-order chi connectivity index (χ0) is 16.3. The Morgan fingerprint density at radius 1 is 1.18 bits per heavy atom. The lowest BCUT2D eigenvalue weighted by Gasteiger charge is -2.34. The molecule has 0 unspecified atom stereocenters. The molecule has 0 spiro atoms. The van der Waals surface area contributed by atoms with Gasteiger partial charge in [0.15, 0.2) is 0 Å². The number of nitrogens with zero attached hydrogens (tertiary/aromatic N) is 2. The van der Waals surface area contributed by atoms with Crippen LogP contribution in [0.3, 0.4) is 0 Å². The van der Waals surface area contributed by atoms with Crippen molar-refractivity contribution in [3.05, 3.63) is 24.3 Å². The van der Waals surface area contributed by atoms with Crippen LogP contribution in [0.4, 0.5) is 11.4 Å². The highest BCUT2D eigenvalue weighted by atomic mass is 32.2. The molecular formula is C15H23N3O3S. The molecule has 1 heterocycles. The molecule has 1 aromatic carbocycles. The lowest BCUT2D eigenvalue weighted by atomic mass is 10.2. The first kappa shape index (κ1) is 16.8. The Morgan fingerprint density at radius 2 is 1.82 bits per heavy atom. The van der Waals surface area contributed by atoms with E-state index in [9.17, 15) is 13.2 Å². The summed E-state index contributed by atoms with van der Waals surface area (Å²) in [5.41, 5.74) is 1.76. The van der Waals surface area contributed by atoms with Gasteiger partial charge in [0.1, 0.15) is 0 Å². The number of rotatable bonds is 4. The van der Waals surface area contributed by atoms with Crippen molar-refractivity contribution in [2.75, 3.05) is 42.7 Å². The summed E-state index contributed by atoms with van der Waals surface area (Å²) in [6.45, 7) is 5.97. The Bertz CT molecular complexity index is 635. The predicted octanol–water partition coefficient (Wildman–Crippen LogP) is 1.36. The topological polar surface area (TPSA) is 69.7 Å². The van der Waals surface area contributed by atoms with Gasteiger partial charge < -0.3 is 10.2 Å². The van der Waals surface area contributed by atoms with Gasteiger partial charge in [0, 0.05) is 43.5 Å². The standard InChI is InChI=1S/C15H23N3O3S/c1-12(2)15(19)16-13-5-4-6-14(11-13)17-7-9-18(10-8-17)22(3,20)21/h4-6,11-12H,7-10H2,1-3H3,(H,16,19). The number of carbonyl (C=O) groups excluding carboxylic acids is 1. The quantitative estimate of drug-likeness (QED) is 0.907. The van der Waals surface area contributed by atoms with Crippen LogP contribution in [-0.4, -0.2) is 51.1 Å². The van der Waals surface area contributed by atoms with Crippen LogP contribution in [0.5, 0.6) is 0 Å². The summed E-state index contributed by atoms with van der Waals surface area (Å²) >= 11 is 0. The SMILES string of the molecule is CC(C)C(=O)Nc1cccc(N2CCN(S(C)(=O)=O)CC2)c1. The Morgan fingerprint density at radius 3 is 2.36 bits per heavy atom. The molecule has 122 valence electrons. The molecule has 1 aliphatic heterocycles. The maximum Gasteiger partial charge on any atom is 0.226 e. The van der Waals surface area contributed by atoms with Gasteiger partial charge in [0.25, 0.3) is 0 Å². The molecule has 2 rings (SSSR count). The van der Waals surface area contributed by atoms with Crippen molar-refractivity contribution >= 4 is 27.3 Å². The van der Waals surface area contributed by atoms with E-state index < -0.39 is 10.0 Å². The van der Waals surface area contributed by atoms with E-state index in [0.717, 1.165) is 11.4 Å². The number of anilines is 2. The number of hydrogen-bond acceptors (Lipinski definition) is 4. The summed E-state index contributed by atoms with van der Waals surface area (Å²) < 4.78 is 24.6. The van der Waals surface area contributed by atoms with E-state index in [1.165, 1.54) is 10.6 Å². The zero-order valence-electron chi connectivity index (χ0n) is 13.2. The Labute approximate surface area is 132 Å². The zero-order valence-corrected chi connectivity index (χ0v) is 14.1. The summed E-state index contributed by atoms with van der Waals surface area (Å²) in [5.74, 6) is -0.0824. The van der Waals surface area contributed by atoms with Gasteiger partial charge in [-0.15, -0.1) is 0 Å². The van der Waals surface area contributed by atoms with Crippen molar-refractivity contribution in [1.29, 1.82) is 0 Å². The molecule has 0 radical (unpaired) electrons. The van der Waals surface area contributed by atoms with Crippen LogP contribution >= 0.6 is 0 Å². The summed E-state index contributed by atoms with van der Waals surface area (Å²) in [7, 11) is -3.12. The fourth-order valence-electron chi connectivity index (χ4n) is 2.34. The molecule has 0 aliphatic carbocycles. The van der Waals surface area contributed by atoms with Crippen LogP contribution in [0.2, 0.25) is 0 Å². The van der Waals surface area contributed by atoms with E-state index >= 15 is 0 Å². The van der Waals surface area contributed by atoms with Gasteiger partial charge in [0.05, 0.1) is 6.26 Å². The monoisotopic (exact) mass is 325 g/mol. The van der Waals surface area contributed by atoms with Crippen LogP contribution in [-0.2, 0) is 14.8 Å². The van der Waals surface area contributed by atoms with E-state index in [2.05, 4.69) is 10.2 Å². The Hall–Kier alpha value is -1.60. The summed E-state index contributed by atoms with van der Waals surface area (Å²) in [6, 6.07) is 7.66. The number of amides is 1. The van der Waals surface area contributed by atoms with Crippen molar-refractivity contribution in [3.63, 3.8) is 0 Å². The van der Waals surface area contributed by atoms with Crippen molar-refractivity contribution in [2.45, 2.75) is 13.8 Å². The van der Waals surface area contributed by atoms with Gasteiger partial charge >= 0.3 is 0 Å². The lowest BCUT2D eigenvalue weighted by molar-refractivity contribution is -0.118. The second kappa shape index (κ2) is 6.66. The molecule has 0 bridgehead atoms. The molecular weight excluding hydrogens is 302 g/mol. The first-order valence-electron chi connectivity index (χ1n) is 7.38. The molecule has 1 saturated heterocycles. The smallest absolute Gasteiger partial charge is 0.226 e. The maximum atomic E-state index is 11.8. The average Bonchev–Trinajstić information content (AvgIpc) is 2.46. The fraction of sp³-hybridized carbons (Fsp3) is 0.533. The van der Waals surface area contributed by atoms with Gasteiger partial charge in [-0.05, 0) is 18.2 Å². The number of benzene rings is 1. The molecule has 1 fully saturated rings. The maximum absolute atomic E-state index is 11.8. The van der Waals surface area contributed by atoms with Crippen molar-refractivity contribution in [3.8, 4) is 0 Å². The lowest BCUT2D eigenvalue weighted by Crippen LogP contribution is -2.48. The molecule has 0 aromatic heterocycles. The molecule has 1 aliphatic rings. The van der Waals surface area contributed by atoms with E-state index in [4.69, 9.17) is 0 Å². The van der Waals surface area contributed by atoms with Crippen molar-refractivity contribution in [1.82, 2.24) is 4.31 Å². The predicted molar refractivity (Wildman–Crippen MR) is 88.5 cm³/mol. The third-order valence-corrected chi connectivity index (χ3v) is 5.01. The van der Waals surface area contributed by atoms with Crippen LogP contribution in [0.1, 0.15) is 13.8 Å².